The molecule has 0 spiro atoms. The first-order valence-electron chi connectivity index (χ1n) is 5.96. The first kappa shape index (κ1) is 13.4. The SMILES string of the molecule is O=C(COc1cccc(Br)c1)N1CCC(CO)C1. The van der Waals surface area contributed by atoms with Gasteiger partial charge in [0.1, 0.15) is 5.75 Å². The Labute approximate surface area is 115 Å². The molecule has 1 aromatic rings. The second kappa shape index (κ2) is 6.20. The average molecular weight is 314 g/mol. The van der Waals surface area contributed by atoms with Gasteiger partial charge in [-0.15, -0.1) is 0 Å². The summed E-state index contributed by atoms with van der Waals surface area (Å²) in [7, 11) is 0. The monoisotopic (exact) mass is 313 g/mol. The largest absolute Gasteiger partial charge is 0.484 e. The molecule has 0 saturated carbocycles. The van der Waals surface area contributed by atoms with Crippen LogP contribution in [0.1, 0.15) is 6.42 Å². The number of carbonyl (C=O) groups excluding carboxylic acids is 1. The minimum Gasteiger partial charge on any atom is -0.484 e. The maximum atomic E-state index is 11.9. The minimum atomic E-state index is -0.0223. The molecular formula is C13H16BrNO3. The molecule has 1 saturated heterocycles. The quantitative estimate of drug-likeness (QED) is 0.920. The van der Waals surface area contributed by atoms with E-state index in [1.807, 2.05) is 24.3 Å². The van der Waals surface area contributed by atoms with Crippen molar-refractivity contribution in [2.24, 2.45) is 5.92 Å². The van der Waals surface area contributed by atoms with Crippen molar-refractivity contribution in [3.05, 3.63) is 28.7 Å². The van der Waals surface area contributed by atoms with Crippen LogP contribution in [0.4, 0.5) is 0 Å². The van der Waals surface area contributed by atoms with Crippen LogP contribution in [-0.4, -0.2) is 42.2 Å². The topological polar surface area (TPSA) is 49.8 Å². The molecule has 4 nitrogen and oxygen atoms in total. The van der Waals surface area contributed by atoms with Crippen LogP contribution in [0.2, 0.25) is 0 Å². The van der Waals surface area contributed by atoms with Gasteiger partial charge in [0.15, 0.2) is 6.61 Å². The van der Waals surface area contributed by atoms with Crippen LogP contribution in [0.25, 0.3) is 0 Å². The summed E-state index contributed by atoms with van der Waals surface area (Å²) in [4.78, 5) is 13.6. The second-order valence-electron chi connectivity index (χ2n) is 4.42. The Morgan fingerprint density at radius 1 is 1.56 bits per heavy atom. The lowest BCUT2D eigenvalue weighted by atomic mass is 10.1. The van der Waals surface area contributed by atoms with Gasteiger partial charge in [0.2, 0.25) is 0 Å². The number of aliphatic hydroxyl groups is 1. The van der Waals surface area contributed by atoms with Gasteiger partial charge in [0, 0.05) is 30.1 Å². The van der Waals surface area contributed by atoms with E-state index in [9.17, 15) is 4.79 Å². The number of amides is 1. The number of halogens is 1. The summed E-state index contributed by atoms with van der Waals surface area (Å²) >= 11 is 3.35. The number of benzene rings is 1. The van der Waals surface area contributed by atoms with Crippen molar-refractivity contribution in [2.45, 2.75) is 6.42 Å². The third-order valence-electron chi connectivity index (χ3n) is 3.06. The molecule has 1 atom stereocenters. The van der Waals surface area contributed by atoms with E-state index < -0.39 is 0 Å². The molecule has 1 heterocycles. The summed E-state index contributed by atoms with van der Waals surface area (Å²) in [5.74, 6) is 0.876. The molecule has 18 heavy (non-hydrogen) atoms. The van der Waals surface area contributed by atoms with Gasteiger partial charge in [-0.05, 0) is 24.6 Å². The molecule has 0 radical (unpaired) electrons. The lowest BCUT2D eigenvalue weighted by Crippen LogP contribution is -2.33. The van der Waals surface area contributed by atoms with E-state index in [1.54, 1.807) is 4.90 Å². The third kappa shape index (κ3) is 3.46. The van der Waals surface area contributed by atoms with Gasteiger partial charge >= 0.3 is 0 Å². The summed E-state index contributed by atoms with van der Waals surface area (Å²) in [5.41, 5.74) is 0. The minimum absolute atomic E-state index is 0.0223. The van der Waals surface area contributed by atoms with Gasteiger partial charge in [0.25, 0.3) is 5.91 Å². The van der Waals surface area contributed by atoms with Crippen molar-refractivity contribution in [2.75, 3.05) is 26.3 Å². The highest BCUT2D eigenvalue weighted by molar-refractivity contribution is 9.10. The summed E-state index contributed by atoms with van der Waals surface area (Å²) < 4.78 is 6.37. The van der Waals surface area contributed by atoms with E-state index in [-0.39, 0.29) is 25.0 Å². The number of carbonyl (C=O) groups is 1. The second-order valence-corrected chi connectivity index (χ2v) is 5.34. The number of rotatable bonds is 4. The van der Waals surface area contributed by atoms with E-state index in [4.69, 9.17) is 9.84 Å². The lowest BCUT2D eigenvalue weighted by molar-refractivity contribution is -0.132. The van der Waals surface area contributed by atoms with E-state index in [0.717, 1.165) is 10.9 Å². The zero-order valence-electron chi connectivity index (χ0n) is 10.0. The fourth-order valence-electron chi connectivity index (χ4n) is 2.00. The summed E-state index contributed by atoms with van der Waals surface area (Å²) in [6.07, 6.45) is 0.874. The van der Waals surface area contributed by atoms with E-state index >= 15 is 0 Å². The van der Waals surface area contributed by atoms with Crippen LogP contribution in [0, 0.1) is 5.92 Å². The average Bonchev–Trinajstić information content (AvgIpc) is 2.85. The fraction of sp³-hybridized carbons (Fsp3) is 0.462. The van der Waals surface area contributed by atoms with Crippen molar-refractivity contribution >= 4 is 21.8 Å². The summed E-state index contributed by atoms with van der Waals surface area (Å²) in [6.45, 7) is 1.55. The highest BCUT2D eigenvalue weighted by Crippen LogP contribution is 2.19. The molecule has 1 fully saturated rings. The molecule has 2 rings (SSSR count). The maximum absolute atomic E-state index is 11.9. The molecule has 1 unspecified atom stereocenters. The smallest absolute Gasteiger partial charge is 0.260 e. The standard InChI is InChI=1S/C13H16BrNO3/c14-11-2-1-3-12(6-11)18-9-13(17)15-5-4-10(7-15)8-16/h1-3,6,10,16H,4-5,7-9H2. The predicted molar refractivity (Wildman–Crippen MR) is 71.4 cm³/mol. The molecule has 1 aliphatic heterocycles. The van der Waals surface area contributed by atoms with Crippen molar-refractivity contribution in [3.63, 3.8) is 0 Å². The van der Waals surface area contributed by atoms with E-state index in [2.05, 4.69) is 15.9 Å². The van der Waals surface area contributed by atoms with Gasteiger partial charge in [-0.3, -0.25) is 4.79 Å². The lowest BCUT2D eigenvalue weighted by Gasteiger charge is -2.16. The number of nitrogens with zero attached hydrogens (tertiary/aromatic N) is 1. The molecule has 0 aromatic heterocycles. The zero-order valence-corrected chi connectivity index (χ0v) is 11.6. The first-order chi connectivity index (χ1) is 8.69. The van der Waals surface area contributed by atoms with E-state index in [1.165, 1.54) is 0 Å². The molecular weight excluding hydrogens is 298 g/mol. The predicted octanol–water partition coefficient (Wildman–Crippen LogP) is 1.67. The highest BCUT2D eigenvalue weighted by Gasteiger charge is 2.25. The zero-order chi connectivity index (χ0) is 13.0. The molecule has 0 bridgehead atoms. The number of hydrogen-bond donors (Lipinski definition) is 1. The number of hydrogen-bond acceptors (Lipinski definition) is 3. The van der Waals surface area contributed by atoms with Crippen LogP contribution >= 0.6 is 15.9 Å². The molecule has 1 N–H and O–H groups in total. The Morgan fingerprint density at radius 2 is 2.39 bits per heavy atom. The Kier molecular flexibility index (Phi) is 4.60. The number of likely N-dealkylation sites (tertiary alicyclic amines) is 1. The van der Waals surface area contributed by atoms with Crippen molar-refractivity contribution < 1.29 is 14.6 Å². The van der Waals surface area contributed by atoms with Crippen LogP contribution in [0.15, 0.2) is 28.7 Å². The van der Waals surface area contributed by atoms with Crippen molar-refractivity contribution in [1.29, 1.82) is 0 Å². The summed E-state index contributed by atoms with van der Waals surface area (Å²) in [6, 6.07) is 7.41. The maximum Gasteiger partial charge on any atom is 0.260 e. The molecule has 98 valence electrons. The van der Waals surface area contributed by atoms with Crippen LogP contribution in [-0.2, 0) is 4.79 Å². The normalized spacial score (nSPS) is 19.0. The molecule has 1 aromatic carbocycles. The Balaban J connectivity index is 1.82. The van der Waals surface area contributed by atoms with Gasteiger partial charge in [-0.25, -0.2) is 0 Å². The molecule has 1 aliphatic rings. The highest BCUT2D eigenvalue weighted by atomic mass is 79.9. The first-order valence-corrected chi connectivity index (χ1v) is 6.75. The van der Waals surface area contributed by atoms with Crippen LogP contribution in [0.3, 0.4) is 0 Å². The number of aliphatic hydroxyl groups excluding tert-OH is 1. The van der Waals surface area contributed by atoms with Gasteiger partial charge < -0.3 is 14.7 Å². The fourth-order valence-corrected chi connectivity index (χ4v) is 2.38. The van der Waals surface area contributed by atoms with Crippen molar-refractivity contribution in [3.8, 4) is 5.75 Å². The molecule has 0 aliphatic carbocycles. The number of ether oxygens (including phenoxy) is 1. The van der Waals surface area contributed by atoms with Crippen molar-refractivity contribution in [1.82, 2.24) is 4.90 Å². The van der Waals surface area contributed by atoms with E-state index in [0.29, 0.717) is 18.8 Å². The molecule has 5 heteroatoms. The third-order valence-corrected chi connectivity index (χ3v) is 3.55. The van der Waals surface area contributed by atoms with Crippen LogP contribution in [0.5, 0.6) is 5.75 Å². The summed E-state index contributed by atoms with van der Waals surface area (Å²) in [5, 5.41) is 9.03. The Morgan fingerprint density at radius 3 is 3.06 bits per heavy atom. The molecule has 1 amide bonds. The Hall–Kier alpha value is -1.07. The Bertz CT molecular complexity index is 424. The van der Waals surface area contributed by atoms with Gasteiger partial charge in [-0.2, -0.15) is 0 Å². The van der Waals surface area contributed by atoms with Crippen LogP contribution < -0.4 is 4.74 Å². The van der Waals surface area contributed by atoms with Gasteiger partial charge in [0.05, 0.1) is 0 Å². The van der Waals surface area contributed by atoms with Gasteiger partial charge in [-0.1, -0.05) is 22.0 Å².